The average molecular weight is 393 g/mol. The Labute approximate surface area is 170 Å². The van der Waals surface area contributed by atoms with E-state index in [4.69, 9.17) is 5.73 Å². The standard InChI is InChI=1S/C23H40N2O3/c1-3-5-18(14-25-20(4-2)21(24)26)19(22(27)28)6-7-23-11-15-8-16(12-23)10-17(9-15)13-23/h15-20,25H,3-14H2,1-2H3,(H2,24,26)(H,27,28)/t15?,16?,17?,18?,19?,20-,23?/m0/s1. The monoisotopic (exact) mass is 392 g/mol. The van der Waals surface area contributed by atoms with Crippen LogP contribution in [0.15, 0.2) is 0 Å². The smallest absolute Gasteiger partial charge is 0.306 e. The van der Waals surface area contributed by atoms with Crippen molar-refractivity contribution in [2.75, 3.05) is 6.54 Å². The lowest BCUT2D eigenvalue weighted by Gasteiger charge is -2.57. The molecule has 0 aromatic carbocycles. The van der Waals surface area contributed by atoms with Gasteiger partial charge in [0.2, 0.25) is 5.91 Å². The van der Waals surface area contributed by atoms with Gasteiger partial charge in [-0.15, -0.1) is 0 Å². The lowest BCUT2D eigenvalue weighted by molar-refractivity contribution is -0.145. The first-order valence-electron chi connectivity index (χ1n) is 11.6. The minimum absolute atomic E-state index is 0.0600. The Hall–Kier alpha value is -1.10. The van der Waals surface area contributed by atoms with Crippen molar-refractivity contribution >= 4 is 11.9 Å². The molecular weight excluding hydrogens is 352 g/mol. The van der Waals surface area contributed by atoms with Crippen molar-refractivity contribution < 1.29 is 14.7 Å². The number of carbonyl (C=O) groups excluding carboxylic acids is 1. The zero-order valence-electron chi connectivity index (χ0n) is 17.8. The van der Waals surface area contributed by atoms with E-state index in [0.717, 1.165) is 43.4 Å². The van der Waals surface area contributed by atoms with Crippen molar-refractivity contribution in [3.63, 3.8) is 0 Å². The average Bonchev–Trinajstić information content (AvgIpc) is 2.60. The van der Waals surface area contributed by atoms with Crippen LogP contribution >= 0.6 is 0 Å². The molecule has 4 N–H and O–H groups in total. The third-order valence-electron chi connectivity index (χ3n) is 8.07. The van der Waals surface area contributed by atoms with Crippen molar-refractivity contribution in [3.05, 3.63) is 0 Å². The summed E-state index contributed by atoms with van der Waals surface area (Å²) in [5.41, 5.74) is 5.88. The molecule has 0 aromatic heterocycles. The molecule has 3 atom stereocenters. The number of nitrogens with two attached hydrogens (primary N) is 1. The number of amides is 1. The Balaban J connectivity index is 1.62. The van der Waals surface area contributed by atoms with Crippen LogP contribution in [0, 0.1) is 35.0 Å². The summed E-state index contributed by atoms with van der Waals surface area (Å²) in [6.45, 7) is 4.60. The SMILES string of the molecule is CCCC(CN[C@@H](CC)C(N)=O)C(CCC12CC3CC(CC(C3)C1)C2)C(=O)O. The molecule has 1 amide bonds. The molecule has 4 rings (SSSR count). The maximum atomic E-state index is 12.2. The van der Waals surface area contributed by atoms with Crippen molar-refractivity contribution in [1.29, 1.82) is 0 Å². The van der Waals surface area contributed by atoms with Crippen molar-refractivity contribution in [2.24, 2.45) is 40.7 Å². The van der Waals surface area contributed by atoms with Crippen molar-refractivity contribution in [3.8, 4) is 0 Å². The maximum absolute atomic E-state index is 12.2. The van der Waals surface area contributed by atoms with E-state index in [2.05, 4.69) is 12.2 Å². The highest BCUT2D eigenvalue weighted by atomic mass is 16.4. The fourth-order valence-electron chi connectivity index (χ4n) is 7.17. The quantitative estimate of drug-likeness (QED) is 0.469. The Morgan fingerprint density at radius 2 is 1.64 bits per heavy atom. The highest BCUT2D eigenvalue weighted by Crippen LogP contribution is 2.61. The predicted molar refractivity (Wildman–Crippen MR) is 111 cm³/mol. The van der Waals surface area contributed by atoms with Crippen LogP contribution in [-0.2, 0) is 9.59 Å². The van der Waals surface area contributed by atoms with Gasteiger partial charge in [-0.25, -0.2) is 0 Å². The molecule has 0 spiro atoms. The summed E-state index contributed by atoms with van der Waals surface area (Å²) in [6, 6.07) is -0.364. The first-order chi connectivity index (χ1) is 13.4. The second-order valence-corrected chi connectivity index (χ2v) is 10.2. The van der Waals surface area contributed by atoms with Gasteiger partial charge in [-0.1, -0.05) is 20.3 Å². The summed E-state index contributed by atoms with van der Waals surface area (Å²) in [5.74, 6) is 1.43. The number of carboxylic acids is 1. The van der Waals surface area contributed by atoms with Gasteiger partial charge in [0, 0.05) is 0 Å². The highest BCUT2D eigenvalue weighted by Gasteiger charge is 2.50. The van der Waals surface area contributed by atoms with Gasteiger partial charge in [0.15, 0.2) is 0 Å². The predicted octanol–water partition coefficient (Wildman–Crippen LogP) is 3.95. The van der Waals surface area contributed by atoms with Crippen LogP contribution in [0.4, 0.5) is 0 Å². The summed E-state index contributed by atoms with van der Waals surface area (Å²) >= 11 is 0. The molecule has 4 fully saturated rings. The Morgan fingerprint density at radius 1 is 1.07 bits per heavy atom. The Kier molecular flexibility index (Phi) is 7.06. The van der Waals surface area contributed by atoms with Crippen LogP contribution in [0.2, 0.25) is 0 Å². The summed E-state index contributed by atoms with van der Waals surface area (Å²) in [5, 5.41) is 13.2. The number of nitrogens with one attached hydrogen (secondary N) is 1. The molecule has 160 valence electrons. The fraction of sp³-hybridized carbons (Fsp3) is 0.913. The number of rotatable bonds is 12. The Bertz CT molecular complexity index is 527. The van der Waals surface area contributed by atoms with Crippen LogP contribution in [0.3, 0.4) is 0 Å². The van der Waals surface area contributed by atoms with E-state index in [1.165, 1.54) is 38.5 Å². The lowest BCUT2D eigenvalue weighted by atomic mass is 9.48. The number of hydrogen-bond acceptors (Lipinski definition) is 3. The summed E-state index contributed by atoms with van der Waals surface area (Å²) < 4.78 is 0. The van der Waals surface area contributed by atoms with E-state index in [9.17, 15) is 14.7 Å². The number of primary amides is 1. The maximum Gasteiger partial charge on any atom is 0.306 e. The summed E-state index contributed by atoms with van der Waals surface area (Å²) in [7, 11) is 0. The molecule has 28 heavy (non-hydrogen) atoms. The first-order valence-corrected chi connectivity index (χ1v) is 11.6. The van der Waals surface area contributed by atoms with Gasteiger partial charge >= 0.3 is 5.97 Å². The molecule has 5 nitrogen and oxygen atoms in total. The van der Waals surface area contributed by atoms with E-state index in [0.29, 0.717) is 18.4 Å². The molecule has 4 aliphatic carbocycles. The van der Waals surface area contributed by atoms with Gasteiger partial charge in [0.05, 0.1) is 12.0 Å². The second-order valence-electron chi connectivity index (χ2n) is 10.2. The lowest BCUT2D eigenvalue weighted by Crippen LogP contribution is -2.47. The Morgan fingerprint density at radius 3 is 2.07 bits per heavy atom. The van der Waals surface area contributed by atoms with Gasteiger partial charge in [0.1, 0.15) is 0 Å². The summed E-state index contributed by atoms with van der Waals surface area (Å²) in [4.78, 5) is 23.7. The summed E-state index contributed by atoms with van der Waals surface area (Å²) in [6.07, 6.45) is 12.6. The topological polar surface area (TPSA) is 92.4 Å². The zero-order chi connectivity index (χ0) is 20.3. The van der Waals surface area contributed by atoms with Crippen molar-refractivity contribution in [1.82, 2.24) is 5.32 Å². The number of carboxylic acid groups (broad SMARTS) is 1. The minimum Gasteiger partial charge on any atom is -0.481 e. The van der Waals surface area contributed by atoms with E-state index in [1.54, 1.807) is 0 Å². The van der Waals surface area contributed by atoms with Crippen LogP contribution in [0.5, 0.6) is 0 Å². The van der Waals surface area contributed by atoms with Gasteiger partial charge in [-0.3, -0.25) is 9.59 Å². The van der Waals surface area contributed by atoms with Crippen LogP contribution in [-0.4, -0.2) is 29.6 Å². The normalized spacial score (nSPS) is 34.1. The molecule has 4 saturated carbocycles. The van der Waals surface area contributed by atoms with E-state index in [-0.39, 0.29) is 23.8 Å². The molecule has 4 bridgehead atoms. The number of aliphatic carboxylic acids is 1. The number of hydrogen-bond donors (Lipinski definition) is 3. The third-order valence-corrected chi connectivity index (χ3v) is 8.07. The van der Waals surface area contributed by atoms with Gasteiger partial charge in [-0.05, 0) is 99.8 Å². The van der Waals surface area contributed by atoms with Gasteiger partial charge in [0.25, 0.3) is 0 Å². The zero-order valence-corrected chi connectivity index (χ0v) is 17.8. The highest BCUT2D eigenvalue weighted by molar-refractivity contribution is 5.79. The van der Waals surface area contributed by atoms with Crippen LogP contribution in [0.25, 0.3) is 0 Å². The molecular formula is C23H40N2O3. The molecule has 0 aromatic rings. The largest absolute Gasteiger partial charge is 0.481 e. The van der Waals surface area contributed by atoms with Gasteiger partial charge in [-0.2, -0.15) is 0 Å². The van der Waals surface area contributed by atoms with Gasteiger partial charge < -0.3 is 16.2 Å². The molecule has 0 aliphatic heterocycles. The molecule has 0 radical (unpaired) electrons. The minimum atomic E-state index is -0.669. The molecule has 0 saturated heterocycles. The molecule has 2 unspecified atom stereocenters. The first kappa shape index (κ1) is 21.6. The van der Waals surface area contributed by atoms with E-state index >= 15 is 0 Å². The number of carbonyl (C=O) groups is 2. The third kappa shape index (κ3) is 4.90. The fourth-order valence-corrected chi connectivity index (χ4v) is 7.17. The van der Waals surface area contributed by atoms with E-state index < -0.39 is 5.97 Å². The molecule has 4 aliphatic rings. The van der Waals surface area contributed by atoms with Crippen LogP contribution < -0.4 is 11.1 Å². The van der Waals surface area contributed by atoms with Crippen molar-refractivity contribution in [2.45, 2.75) is 90.5 Å². The van der Waals surface area contributed by atoms with Crippen LogP contribution in [0.1, 0.15) is 84.5 Å². The molecule has 0 heterocycles. The second kappa shape index (κ2) is 9.15. The molecule has 5 heteroatoms. The van der Waals surface area contributed by atoms with E-state index in [1.807, 2.05) is 6.92 Å².